The summed E-state index contributed by atoms with van der Waals surface area (Å²) in [6.07, 6.45) is 3.66. The van der Waals surface area contributed by atoms with E-state index in [1.165, 1.54) is 12.1 Å². The molecule has 0 unspecified atom stereocenters. The smallest absolute Gasteiger partial charge is 0.243 e. The molecule has 2 heterocycles. The standard InChI is InChI=1S/C12H12FN3O/c1-2-11(17)14-6-5-8-7-15-12-9(8)3-4-10(13)16-12/h2-4,7H,1,5-6H2,(H,14,17)(H,15,16). The van der Waals surface area contributed by atoms with Crippen molar-refractivity contribution in [2.75, 3.05) is 6.54 Å². The van der Waals surface area contributed by atoms with E-state index in [2.05, 4.69) is 21.9 Å². The highest BCUT2D eigenvalue weighted by Gasteiger charge is 2.05. The molecule has 0 aliphatic rings. The van der Waals surface area contributed by atoms with E-state index in [-0.39, 0.29) is 5.91 Å². The molecule has 17 heavy (non-hydrogen) atoms. The number of nitrogens with one attached hydrogen (secondary N) is 2. The SMILES string of the molecule is C=CC(=O)NCCc1c[nH]c2nc(F)ccc12. The van der Waals surface area contributed by atoms with E-state index in [1.807, 2.05) is 0 Å². The van der Waals surface area contributed by atoms with Gasteiger partial charge in [-0.1, -0.05) is 6.58 Å². The van der Waals surface area contributed by atoms with Gasteiger partial charge in [0.1, 0.15) is 5.65 Å². The number of carbonyl (C=O) groups is 1. The molecule has 2 aromatic heterocycles. The van der Waals surface area contributed by atoms with E-state index in [0.29, 0.717) is 18.6 Å². The van der Waals surface area contributed by atoms with Crippen molar-refractivity contribution in [3.8, 4) is 0 Å². The minimum absolute atomic E-state index is 0.200. The molecule has 0 spiro atoms. The first kappa shape index (κ1) is 11.3. The first-order valence-electron chi connectivity index (χ1n) is 5.23. The van der Waals surface area contributed by atoms with Gasteiger partial charge in [0.2, 0.25) is 11.9 Å². The summed E-state index contributed by atoms with van der Waals surface area (Å²) in [7, 11) is 0. The minimum atomic E-state index is -0.508. The van der Waals surface area contributed by atoms with E-state index in [9.17, 15) is 9.18 Å². The van der Waals surface area contributed by atoms with Gasteiger partial charge in [0.15, 0.2) is 0 Å². The molecule has 0 aliphatic heterocycles. The van der Waals surface area contributed by atoms with Gasteiger partial charge in [-0.3, -0.25) is 4.79 Å². The Balaban J connectivity index is 2.09. The molecule has 4 nitrogen and oxygen atoms in total. The number of nitrogens with zero attached hydrogens (tertiary/aromatic N) is 1. The second kappa shape index (κ2) is 4.78. The van der Waals surface area contributed by atoms with E-state index in [4.69, 9.17) is 0 Å². The van der Waals surface area contributed by atoms with Crippen LogP contribution in [0.5, 0.6) is 0 Å². The molecule has 0 aliphatic carbocycles. The van der Waals surface area contributed by atoms with Crippen LogP contribution in [0.3, 0.4) is 0 Å². The van der Waals surface area contributed by atoms with Crippen molar-refractivity contribution in [1.29, 1.82) is 0 Å². The van der Waals surface area contributed by atoms with Gasteiger partial charge in [0.05, 0.1) is 0 Å². The molecule has 0 aromatic carbocycles. The Bertz CT molecular complexity index is 562. The van der Waals surface area contributed by atoms with Crippen molar-refractivity contribution in [1.82, 2.24) is 15.3 Å². The van der Waals surface area contributed by atoms with Crippen LogP contribution in [-0.2, 0) is 11.2 Å². The normalized spacial score (nSPS) is 10.4. The van der Waals surface area contributed by atoms with Crippen LogP contribution in [0.25, 0.3) is 11.0 Å². The lowest BCUT2D eigenvalue weighted by molar-refractivity contribution is -0.116. The van der Waals surface area contributed by atoms with E-state index in [1.54, 1.807) is 12.3 Å². The fraction of sp³-hybridized carbons (Fsp3) is 0.167. The number of aromatic amines is 1. The fourth-order valence-corrected chi connectivity index (χ4v) is 1.64. The molecule has 0 saturated carbocycles. The summed E-state index contributed by atoms with van der Waals surface area (Å²) in [6, 6.07) is 3.00. The molecular formula is C12H12FN3O. The van der Waals surface area contributed by atoms with Crippen molar-refractivity contribution in [2.24, 2.45) is 0 Å². The lowest BCUT2D eigenvalue weighted by Gasteiger charge is -2.00. The number of hydrogen-bond acceptors (Lipinski definition) is 2. The third-order valence-electron chi connectivity index (χ3n) is 2.47. The lowest BCUT2D eigenvalue weighted by Crippen LogP contribution is -2.23. The Morgan fingerprint density at radius 3 is 3.18 bits per heavy atom. The van der Waals surface area contributed by atoms with Gasteiger partial charge in [0.25, 0.3) is 0 Å². The van der Waals surface area contributed by atoms with Crippen molar-refractivity contribution < 1.29 is 9.18 Å². The molecule has 5 heteroatoms. The maximum Gasteiger partial charge on any atom is 0.243 e. The number of aromatic nitrogens is 2. The van der Waals surface area contributed by atoms with Crippen LogP contribution >= 0.6 is 0 Å². The average molecular weight is 233 g/mol. The van der Waals surface area contributed by atoms with Crippen molar-refractivity contribution in [3.05, 3.63) is 42.5 Å². The van der Waals surface area contributed by atoms with Crippen LogP contribution in [0.1, 0.15) is 5.56 Å². The monoisotopic (exact) mass is 233 g/mol. The summed E-state index contributed by atoms with van der Waals surface area (Å²) >= 11 is 0. The van der Waals surface area contributed by atoms with Crippen LogP contribution < -0.4 is 5.32 Å². The second-order valence-corrected chi connectivity index (χ2v) is 3.59. The third-order valence-corrected chi connectivity index (χ3v) is 2.47. The van der Waals surface area contributed by atoms with Crippen LogP contribution in [-0.4, -0.2) is 22.4 Å². The highest BCUT2D eigenvalue weighted by Crippen LogP contribution is 2.16. The van der Waals surface area contributed by atoms with Gasteiger partial charge in [-0.25, -0.2) is 4.98 Å². The topological polar surface area (TPSA) is 57.8 Å². The summed E-state index contributed by atoms with van der Waals surface area (Å²) in [5, 5.41) is 3.56. The summed E-state index contributed by atoms with van der Waals surface area (Å²) in [6.45, 7) is 3.88. The molecule has 0 fully saturated rings. The quantitative estimate of drug-likeness (QED) is 0.621. The molecule has 0 bridgehead atoms. The Labute approximate surface area is 97.6 Å². The zero-order valence-corrected chi connectivity index (χ0v) is 9.16. The molecule has 0 radical (unpaired) electrons. The van der Waals surface area contributed by atoms with Crippen LogP contribution in [0.4, 0.5) is 4.39 Å². The number of rotatable bonds is 4. The highest BCUT2D eigenvalue weighted by atomic mass is 19.1. The van der Waals surface area contributed by atoms with E-state index in [0.717, 1.165) is 10.9 Å². The maximum atomic E-state index is 12.9. The predicted octanol–water partition coefficient (Wildman–Crippen LogP) is 1.55. The summed E-state index contributed by atoms with van der Waals surface area (Å²) < 4.78 is 12.9. The number of fused-ring (bicyclic) bond motifs is 1. The lowest BCUT2D eigenvalue weighted by atomic mass is 10.1. The molecule has 88 valence electrons. The minimum Gasteiger partial charge on any atom is -0.352 e. The van der Waals surface area contributed by atoms with Gasteiger partial charge >= 0.3 is 0 Å². The van der Waals surface area contributed by atoms with E-state index >= 15 is 0 Å². The van der Waals surface area contributed by atoms with Gasteiger partial charge < -0.3 is 10.3 Å². The van der Waals surface area contributed by atoms with Crippen LogP contribution in [0.15, 0.2) is 31.0 Å². The fourth-order valence-electron chi connectivity index (χ4n) is 1.64. The Kier molecular flexibility index (Phi) is 3.18. The third kappa shape index (κ3) is 2.50. The van der Waals surface area contributed by atoms with Crippen molar-refractivity contribution in [3.63, 3.8) is 0 Å². The molecule has 0 saturated heterocycles. The Morgan fingerprint density at radius 2 is 2.41 bits per heavy atom. The van der Waals surface area contributed by atoms with Gasteiger partial charge in [-0.15, -0.1) is 0 Å². The van der Waals surface area contributed by atoms with E-state index < -0.39 is 5.95 Å². The van der Waals surface area contributed by atoms with Crippen molar-refractivity contribution >= 4 is 16.9 Å². The zero-order valence-electron chi connectivity index (χ0n) is 9.16. The van der Waals surface area contributed by atoms with Gasteiger partial charge in [0, 0.05) is 18.1 Å². The Hall–Kier alpha value is -2.17. The molecule has 1 amide bonds. The molecule has 0 atom stereocenters. The molecule has 2 rings (SSSR count). The number of H-pyrrole nitrogens is 1. The number of amides is 1. The second-order valence-electron chi connectivity index (χ2n) is 3.59. The maximum absolute atomic E-state index is 12.9. The van der Waals surface area contributed by atoms with Gasteiger partial charge in [-0.05, 0) is 30.2 Å². The van der Waals surface area contributed by atoms with Crippen LogP contribution in [0, 0.1) is 5.95 Å². The van der Waals surface area contributed by atoms with Crippen LogP contribution in [0.2, 0.25) is 0 Å². The molecule has 2 aromatic rings. The Morgan fingerprint density at radius 1 is 1.59 bits per heavy atom. The molecule has 2 N–H and O–H groups in total. The summed E-state index contributed by atoms with van der Waals surface area (Å²) in [5.41, 5.74) is 1.52. The largest absolute Gasteiger partial charge is 0.352 e. The van der Waals surface area contributed by atoms with Gasteiger partial charge in [-0.2, -0.15) is 4.39 Å². The number of pyridine rings is 1. The number of halogens is 1. The summed E-state index contributed by atoms with van der Waals surface area (Å²) in [4.78, 5) is 17.6. The molecular weight excluding hydrogens is 221 g/mol. The van der Waals surface area contributed by atoms with Crippen molar-refractivity contribution in [2.45, 2.75) is 6.42 Å². The number of carbonyl (C=O) groups excluding carboxylic acids is 1. The number of hydrogen-bond donors (Lipinski definition) is 2. The predicted molar refractivity (Wildman–Crippen MR) is 63.0 cm³/mol. The summed E-state index contributed by atoms with van der Waals surface area (Å²) in [5.74, 6) is -0.708. The first-order chi connectivity index (χ1) is 8.20. The zero-order chi connectivity index (χ0) is 12.3. The first-order valence-corrected chi connectivity index (χ1v) is 5.23. The highest BCUT2D eigenvalue weighted by molar-refractivity contribution is 5.86. The average Bonchev–Trinajstić information content (AvgIpc) is 2.71.